The van der Waals surface area contributed by atoms with Gasteiger partial charge in [0.05, 0.1) is 13.2 Å². The van der Waals surface area contributed by atoms with E-state index in [4.69, 9.17) is 0 Å². The van der Waals surface area contributed by atoms with E-state index >= 15 is 0 Å². The highest BCUT2D eigenvalue weighted by atomic mass is 16.3. The van der Waals surface area contributed by atoms with Crippen molar-refractivity contribution in [3.63, 3.8) is 0 Å². The van der Waals surface area contributed by atoms with Crippen molar-refractivity contribution in [2.45, 2.75) is 32.6 Å². The second-order valence-corrected chi connectivity index (χ2v) is 6.14. The highest BCUT2D eigenvalue weighted by Crippen LogP contribution is 2.29. The van der Waals surface area contributed by atoms with Crippen molar-refractivity contribution in [2.75, 3.05) is 13.2 Å². The zero-order valence-corrected chi connectivity index (χ0v) is 13.1. The molecule has 0 amide bonds. The number of rotatable bonds is 5. The van der Waals surface area contributed by atoms with Gasteiger partial charge in [0, 0.05) is 5.41 Å². The van der Waals surface area contributed by atoms with Gasteiger partial charge in [-0.15, -0.1) is 0 Å². The maximum atomic E-state index is 9.94. The normalized spacial score (nSPS) is 11.7. The predicted octanol–water partition coefficient (Wildman–Crippen LogP) is 3.08. The van der Waals surface area contributed by atoms with E-state index in [9.17, 15) is 10.2 Å². The minimum Gasteiger partial charge on any atom is -0.395 e. The van der Waals surface area contributed by atoms with Gasteiger partial charge in [-0.25, -0.2) is 0 Å². The maximum absolute atomic E-state index is 9.94. The second-order valence-electron chi connectivity index (χ2n) is 6.14. The van der Waals surface area contributed by atoms with Gasteiger partial charge in [-0.3, -0.25) is 0 Å². The van der Waals surface area contributed by atoms with Crippen molar-refractivity contribution in [1.82, 2.24) is 0 Å². The SMILES string of the molecule is Cc1ccc(C(CO)(CO)Cc2cc(C)cc(C)c2)cc1. The summed E-state index contributed by atoms with van der Waals surface area (Å²) in [4.78, 5) is 0. The third-order valence-electron chi connectivity index (χ3n) is 4.09. The van der Waals surface area contributed by atoms with Crippen LogP contribution in [0.5, 0.6) is 0 Å². The number of aliphatic hydroxyl groups is 2. The topological polar surface area (TPSA) is 40.5 Å². The van der Waals surface area contributed by atoms with Crippen molar-refractivity contribution in [2.24, 2.45) is 0 Å². The molecule has 2 nitrogen and oxygen atoms in total. The molecule has 0 saturated heterocycles. The van der Waals surface area contributed by atoms with Crippen molar-refractivity contribution in [3.8, 4) is 0 Å². The Morgan fingerprint density at radius 1 is 0.762 bits per heavy atom. The minimum atomic E-state index is -0.631. The first-order valence-corrected chi connectivity index (χ1v) is 7.35. The Morgan fingerprint density at radius 2 is 1.29 bits per heavy atom. The molecule has 0 fully saturated rings. The molecule has 0 unspecified atom stereocenters. The van der Waals surface area contributed by atoms with Crippen LogP contribution in [0.3, 0.4) is 0 Å². The number of hydrogen-bond acceptors (Lipinski definition) is 2. The van der Waals surface area contributed by atoms with Crippen LogP contribution in [-0.4, -0.2) is 23.4 Å². The minimum absolute atomic E-state index is 0.0699. The lowest BCUT2D eigenvalue weighted by Crippen LogP contribution is -2.37. The van der Waals surface area contributed by atoms with Gasteiger partial charge in [0.25, 0.3) is 0 Å². The van der Waals surface area contributed by atoms with Crippen molar-refractivity contribution < 1.29 is 10.2 Å². The fraction of sp³-hybridized carbons (Fsp3) is 0.368. The van der Waals surface area contributed by atoms with E-state index < -0.39 is 5.41 Å². The van der Waals surface area contributed by atoms with Crippen LogP contribution in [0.4, 0.5) is 0 Å². The van der Waals surface area contributed by atoms with Crippen LogP contribution < -0.4 is 0 Å². The molecular formula is C19H24O2. The van der Waals surface area contributed by atoms with Crippen molar-refractivity contribution in [1.29, 1.82) is 0 Å². The van der Waals surface area contributed by atoms with Crippen LogP contribution in [0.2, 0.25) is 0 Å². The van der Waals surface area contributed by atoms with E-state index in [1.54, 1.807) is 0 Å². The largest absolute Gasteiger partial charge is 0.395 e. The van der Waals surface area contributed by atoms with E-state index in [1.807, 2.05) is 31.2 Å². The fourth-order valence-electron chi connectivity index (χ4n) is 2.92. The first-order valence-electron chi connectivity index (χ1n) is 7.35. The van der Waals surface area contributed by atoms with Gasteiger partial charge in [-0.1, -0.05) is 59.2 Å². The zero-order chi connectivity index (χ0) is 15.5. The van der Waals surface area contributed by atoms with Crippen LogP contribution in [0.1, 0.15) is 27.8 Å². The second kappa shape index (κ2) is 6.42. The van der Waals surface area contributed by atoms with Gasteiger partial charge in [0.15, 0.2) is 0 Å². The van der Waals surface area contributed by atoms with Crippen molar-refractivity contribution >= 4 is 0 Å². The molecule has 0 aliphatic carbocycles. The average Bonchev–Trinajstić information content (AvgIpc) is 2.45. The monoisotopic (exact) mass is 284 g/mol. The van der Waals surface area contributed by atoms with E-state index in [-0.39, 0.29) is 13.2 Å². The summed E-state index contributed by atoms with van der Waals surface area (Å²) in [5.74, 6) is 0. The molecule has 2 heteroatoms. The lowest BCUT2D eigenvalue weighted by molar-refractivity contribution is 0.116. The van der Waals surface area contributed by atoms with Gasteiger partial charge in [0.1, 0.15) is 0 Å². The molecule has 0 bridgehead atoms. The van der Waals surface area contributed by atoms with Crippen LogP contribution in [0.15, 0.2) is 42.5 Å². The molecule has 0 atom stereocenters. The number of benzene rings is 2. The van der Waals surface area contributed by atoms with Gasteiger partial charge >= 0.3 is 0 Å². The molecule has 0 aliphatic rings. The van der Waals surface area contributed by atoms with E-state index in [0.717, 1.165) is 11.1 Å². The lowest BCUT2D eigenvalue weighted by atomic mass is 9.76. The summed E-state index contributed by atoms with van der Waals surface area (Å²) in [6.45, 7) is 6.04. The molecule has 0 aromatic heterocycles. The molecule has 2 rings (SSSR count). The smallest absolute Gasteiger partial charge is 0.0553 e. The van der Waals surface area contributed by atoms with Gasteiger partial charge in [-0.2, -0.15) is 0 Å². The number of aryl methyl sites for hydroxylation is 3. The predicted molar refractivity (Wildman–Crippen MR) is 86.6 cm³/mol. The molecule has 2 aromatic rings. The summed E-state index contributed by atoms with van der Waals surface area (Å²) >= 11 is 0. The fourth-order valence-corrected chi connectivity index (χ4v) is 2.92. The molecule has 21 heavy (non-hydrogen) atoms. The first-order chi connectivity index (χ1) is 9.99. The van der Waals surface area contributed by atoms with Gasteiger partial charge in [-0.05, 0) is 38.3 Å². The molecule has 0 aliphatic heterocycles. The van der Waals surface area contributed by atoms with E-state index in [0.29, 0.717) is 6.42 Å². The summed E-state index contributed by atoms with van der Waals surface area (Å²) < 4.78 is 0. The van der Waals surface area contributed by atoms with Crippen LogP contribution in [-0.2, 0) is 11.8 Å². The molecular weight excluding hydrogens is 260 g/mol. The molecule has 112 valence electrons. The van der Waals surface area contributed by atoms with Crippen LogP contribution in [0, 0.1) is 20.8 Å². The Hall–Kier alpha value is -1.64. The maximum Gasteiger partial charge on any atom is 0.0553 e. The van der Waals surface area contributed by atoms with Crippen molar-refractivity contribution in [3.05, 3.63) is 70.3 Å². The molecule has 2 N–H and O–H groups in total. The lowest BCUT2D eigenvalue weighted by Gasteiger charge is -2.31. The summed E-state index contributed by atoms with van der Waals surface area (Å²) in [6.07, 6.45) is 0.631. The zero-order valence-electron chi connectivity index (χ0n) is 13.1. The summed E-state index contributed by atoms with van der Waals surface area (Å²) in [5.41, 5.74) is 5.09. The Kier molecular flexibility index (Phi) is 4.81. The molecule has 2 aromatic carbocycles. The van der Waals surface area contributed by atoms with Crippen LogP contribution in [0.25, 0.3) is 0 Å². The van der Waals surface area contributed by atoms with E-state index in [2.05, 4.69) is 32.0 Å². The quantitative estimate of drug-likeness (QED) is 0.886. The molecule has 0 spiro atoms. The van der Waals surface area contributed by atoms with E-state index in [1.165, 1.54) is 16.7 Å². The standard InChI is InChI=1S/C19H24O2/c1-14-4-6-18(7-5-14)19(12-20,13-21)11-17-9-15(2)8-16(3)10-17/h4-10,20-21H,11-13H2,1-3H3. The highest BCUT2D eigenvalue weighted by Gasteiger charge is 2.31. The number of hydrogen-bond donors (Lipinski definition) is 2. The Balaban J connectivity index is 2.40. The Bertz CT molecular complexity index is 575. The Morgan fingerprint density at radius 3 is 1.76 bits per heavy atom. The summed E-state index contributed by atoms with van der Waals surface area (Å²) in [5, 5.41) is 19.9. The van der Waals surface area contributed by atoms with Gasteiger partial charge < -0.3 is 10.2 Å². The molecule has 0 saturated carbocycles. The highest BCUT2D eigenvalue weighted by molar-refractivity contribution is 5.35. The number of aliphatic hydroxyl groups excluding tert-OH is 2. The first kappa shape index (κ1) is 15.7. The summed E-state index contributed by atoms with van der Waals surface area (Å²) in [6, 6.07) is 14.4. The Labute approximate surface area is 127 Å². The van der Waals surface area contributed by atoms with Crippen LogP contribution >= 0.6 is 0 Å². The third-order valence-corrected chi connectivity index (χ3v) is 4.09. The average molecular weight is 284 g/mol. The van der Waals surface area contributed by atoms with Gasteiger partial charge in [0.2, 0.25) is 0 Å². The molecule has 0 heterocycles. The molecule has 0 radical (unpaired) electrons. The summed E-state index contributed by atoms with van der Waals surface area (Å²) in [7, 11) is 0. The third kappa shape index (κ3) is 3.52.